The van der Waals surface area contributed by atoms with Crippen LogP contribution in [-0.2, 0) is 9.31 Å². The molecule has 1 aromatic rings. The predicted octanol–water partition coefficient (Wildman–Crippen LogP) is 2.17. The summed E-state index contributed by atoms with van der Waals surface area (Å²) in [5.74, 6) is -2.50. The first-order valence-corrected chi connectivity index (χ1v) is 6.05. The lowest BCUT2D eigenvalue weighted by molar-refractivity contribution is -0.390. The van der Waals surface area contributed by atoms with Gasteiger partial charge in [0.15, 0.2) is 0 Å². The van der Waals surface area contributed by atoms with E-state index >= 15 is 0 Å². The van der Waals surface area contributed by atoms with Crippen LogP contribution in [0.3, 0.4) is 0 Å². The molecule has 1 heterocycles. The molecule has 1 fully saturated rings. The summed E-state index contributed by atoms with van der Waals surface area (Å²) in [6.07, 6.45) is 0. The van der Waals surface area contributed by atoms with Gasteiger partial charge in [-0.05, 0) is 33.8 Å². The molecule has 1 aliphatic rings. The van der Waals surface area contributed by atoms with Gasteiger partial charge in [0.25, 0.3) is 0 Å². The van der Waals surface area contributed by atoms with Crippen molar-refractivity contribution in [3.05, 3.63) is 33.9 Å². The van der Waals surface area contributed by atoms with Gasteiger partial charge in [-0.1, -0.05) is 6.07 Å². The van der Waals surface area contributed by atoms with Crippen molar-refractivity contribution in [3.63, 3.8) is 0 Å². The fourth-order valence-electron chi connectivity index (χ4n) is 1.88. The van der Waals surface area contributed by atoms with Gasteiger partial charge in [-0.2, -0.15) is 8.78 Å². The number of halogens is 2. The second-order valence-corrected chi connectivity index (χ2v) is 5.64. The first kappa shape index (κ1) is 14.9. The zero-order valence-corrected chi connectivity index (χ0v) is 11.6. The molecule has 20 heavy (non-hydrogen) atoms. The lowest BCUT2D eigenvalue weighted by atomic mass is 9.78. The van der Waals surface area contributed by atoms with Crippen LogP contribution < -0.4 is 5.46 Å². The number of rotatable bonds is 2. The van der Waals surface area contributed by atoms with E-state index in [1.54, 1.807) is 27.7 Å². The number of nitro groups is 1. The highest BCUT2D eigenvalue weighted by molar-refractivity contribution is 6.62. The van der Waals surface area contributed by atoms with Gasteiger partial charge >= 0.3 is 12.8 Å². The van der Waals surface area contributed by atoms with Crippen molar-refractivity contribution in [2.75, 3.05) is 0 Å². The zero-order valence-electron chi connectivity index (χ0n) is 11.6. The Kier molecular flexibility index (Phi) is 3.34. The van der Waals surface area contributed by atoms with Crippen molar-refractivity contribution in [1.82, 2.24) is 0 Å². The van der Waals surface area contributed by atoms with Crippen molar-refractivity contribution in [1.29, 1.82) is 0 Å². The molecule has 0 unspecified atom stereocenters. The van der Waals surface area contributed by atoms with E-state index in [4.69, 9.17) is 9.31 Å². The summed E-state index contributed by atoms with van der Waals surface area (Å²) < 4.78 is 38.6. The summed E-state index contributed by atoms with van der Waals surface area (Å²) in [7, 11) is -1.11. The van der Waals surface area contributed by atoms with E-state index in [0.29, 0.717) is 0 Å². The standard InChI is InChI=1S/C12H14BF2NO4/c1-11(2)12(3,4)20-13(19-11)7-5-6-8(14)10(9(7)15)16(17)18/h5-6H,1-4H3. The van der Waals surface area contributed by atoms with Crippen LogP contribution in [0.5, 0.6) is 0 Å². The first-order valence-electron chi connectivity index (χ1n) is 6.05. The second-order valence-electron chi connectivity index (χ2n) is 5.64. The van der Waals surface area contributed by atoms with Crippen molar-refractivity contribution in [3.8, 4) is 0 Å². The van der Waals surface area contributed by atoms with E-state index in [-0.39, 0.29) is 5.46 Å². The number of hydrogen-bond donors (Lipinski definition) is 0. The summed E-state index contributed by atoms with van der Waals surface area (Å²) in [6.45, 7) is 7.07. The Morgan fingerprint density at radius 2 is 1.65 bits per heavy atom. The molecule has 1 aliphatic heterocycles. The molecular formula is C12H14BF2NO4. The van der Waals surface area contributed by atoms with Gasteiger partial charge in [0.05, 0.1) is 16.1 Å². The average Bonchev–Trinajstić information content (AvgIpc) is 2.47. The van der Waals surface area contributed by atoms with E-state index in [1.807, 2.05) is 0 Å². The first-order chi connectivity index (χ1) is 9.07. The number of benzene rings is 1. The van der Waals surface area contributed by atoms with Crippen molar-refractivity contribution < 1.29 is 23.0 Å². The molecule has 1 aromatic carbocycles. The molecule has 0 saturated carbocycles. The minimum atomic E-state index is -1.27. The Morgan fingerprint density at radius 3 is 2.10 bits per heavy atom. The van der Waals surface area contributed by atoms with E-state index in [1.165, 1.54) is 0 Å². The zero-order chi connectivity index (χ0) is 15.3. The Balaban J connectivity index is 2.46. The van der Waals surface area contributed by atoms with Gasteiger partial charge in [0.2, 0.25) is 11.6 Å². The highest BCUT2D eigenvalue weighted by atomic mass is 19.1. The molecule has 8 heteroatoms. The lowest BCUT2D eigenvalue weighted by Crippen LogP contribution is -2.41. The van der Waals surface area contributed by atoms with Crippen LogP contribution in [0, 0.1) is 21.7 Å². The van der Waals surface area contributed by atoms with Gasteiger partial charge in [0.1, 0.15) is 0 Å². The topological polar surface area (TPSA) is 61.6 Å². The van der Waals surface area contributed by atoms with Crippen LogP contribution in [0.15, 0.2) is 12.1 Å². The number of hydrogen-bond acceptors (Lipinski definition) is 4. The third-order valence-electron chi connectivity index (χ3n) is 3.79. The van der Waals surface area contributed by atoms with Crippen molar-refractivity contribution in [2.45, 2.75) is 38.9 Å². The molecule has 0 aromatic heterocycles. The molecule has 0 spiro atoms. The second kappa shape index (κ2) is 4.49. The Hall–Kier alpha value is -1.54. The highest BCUT2D eigenvalue weighted by Gasteiger charge is 2.53. The van der Waals surface area contributed by atoms with Crippen LogP contribution in [0.1, 0.15) is 27.7 Å². The SMILES string of the molecule is CC1(C)OB(c2ccc(F)c([N+](=O)[O-])c2F)OC1(C)C. The number of nitro benzene ring substituents is 1. The van der Waals surface area contributed by atoms with Crippen LogP contribution in [-0.4, -0.2) is 23.2 Å². The lowest BCUT2D eigenvalue weighted by Gasteiger charge is -2.32. The smallest absolute Gasteiger partial charge is 0.399 e. The fourth-order valence-corrected chi connectivity index (χ4v) is 1.88. The molecule has 1 saturated heterocycles. The van der Waals surface area contributed by atoms with Gasteiger partial charge in [-0.15, -0.1) is 0 Å². The molecular weight excluding hydrogens is 271 g/mol. The van der Waals surface area contributed by atoms with E-state index in [0.717, 1.165) is 12.1 Å². The van der Waals surface area contributed by atoms with Crippen molar-refractivity contribution in [2.24, 2.45) is 0 Å². The third kappa shape index (κ3) is 2.18. The van der Waals surface area contributed by atoms with Gasteiger partial charge < -0.3 is 9.31 Å². The Morgan fingerprint density at radius 1 is 1.15 bits per heavy atom. The molecule has 2 rings (SSSR count). The molecule has 0 amide bonds. The maximum Gasteiger partial charge on any atom is 0.498 e. The van der Waals surface area contributed by atoms with Crippen LogP contribution in [0.4, 0.5) is 14.5 Å². The summed E-state index contributed by atoms with van der Waals surface area (Å²) in [6, 6.07) is 1.93. The van der Waals surface area contributed by atoms with Gasteiger partial charge in [-0.25, -0.2) is 0 Å². The monoisotopic (exact) mass is 285 g/mol. The summed E-state index contributed by atoms with van der Waals surface area (Å²) in [5.41, 5.74) is -2.81. The van der Waals surface area contributed by atoms with E-state index in [9.17, 15) is 18.9 Å². The summed E-state index contributed by atoms with van der Waals surface area (Å²) in [4.78, 5) is 9.61. The molecule has 0 radical (unpaired) electrons. The minimum Gasteiger partial charge on any atom is -0.399 e. The van der Waals surface area contributed by atoms with Crippen LogP contribution >= 0.6 is 0 Å². The minimum absolute atomic E-state index is 0.184. The normalized spacial score (nSPS) is 20.2. The van der Waals surface area contributed by atoms with Crippen molar-refractivity contribution >= 4 is 18.3 Å². The molecule has 0 atom stereocenters. The highest BCUT2D eigenvalue weighted by Crippen LogP contribution is 2.37. The molecule has 5 nitrogen and oxygen atoms in total. The summed E-state index contributed by atoms with van der Waals surface area (Å²) in [5, 5.41) is 10.7. The quantitative estimate of drug-likeness (QED) is 0.474. The van der Waals surface area contributed by atoms with Crippen LogP contribution in [0.2, 0.25) is 0 Å². The maximum atomic E-state index is 14.1. The molecule has 0 N–H and O–H groups in total. The van der Waals surface area contributed by atoms with Crippen LogP contribution in [0.25, 0.3) is 0 Å². The molecule has 0 aliphatic carbocycles. The van der Waals surface area contributed by atoms with Gasteiger partial charge in [-0.3, -0.25) is 10.1 Å². The average molecular weight is 285 g/mol. The molecule has 108 valence electrons. The van der Waals surface area contributed by atoms with E-state index in [2.05, 4.69) is 0 Å². The fraction of sp³-hybridized carbons (Fsp3) is 0.500. The largest absolute Gasteiger partial charge is 0.498 e. The van der Waals surface area contributed by atoms with E-state index < -0.39 is 40.6 Å². The predicted molar refractivity (Wildman–Crippen MR) is 68.7 cm³/mol. The van der Waals surface area contributed by atoms with Gasteiger partial charge in [0, 0.05) is 5.46 Å². The Labute approximate surface area is 115 Å². The summed E-state index contributed by atoms with van der Waals surface area (Å²) >= 11 is 0. The molecule has 0 bridgehead atoms. The number of nitrogens with zero attached hydrogens (tertiary/aromatic N) is 1. The maximum absolute atomic E-state index is 14.1. The Bertz CT molecular complexity index is 561. The third-order valence-corrected chi connectivity index (χ3v) is 3.79.